The Morgan fingerprint density at radius 2 is 1.00 bits per heavy atom. The summed E-state index contributed by atoms with van der Waals surface area (Å²) in [5.41, 5.74) is 3.82. The zero-order valence-electron chi connectivity index (χ0n) is 21.3. The van der Waals surface area contributed by atoms with Crippen molar-refractivity contribution < 1.29 is 43.5 Å². The summed E-state index contributed by atoms with van der Waals surface area (Å²) < 4.78 is 17.0. The summed E-state index contributed by atoms with van der Waals surface area (Å²) in [4.78, 5) is 0. The van der Waals surface area contributed by atoms with Crippen LogP contribution in [0.5, 0.6) is 0 Å². The molecular weight excluding hydrogens is 650 g/mol. The van der Waals surface area contributed by atoms with Gasteiger partial charge in [0.15, 0.2) is 4.30 Å². The van der Waals surface area contributed by atoms with E-state index in [1.165, 1.54) is 0 Å². The van der Waals surface area contributed by atoms with Gasteiger partial charge in [-0.05, 0) is 39.0 Å². The fraction of sp³-hybridized carbons (Fsp3) is 0.182. The van der Waals surface area contributed by atoms with Crippen molar-refractivity contribution in [3.63, 3.8) is 0 Å². The van der Waals surface area contributed by atoms with Gasteiger partial charge in [-0.15, -0.1) is 15.5 Å². The first-order chi connectivity index (χ1) is 18.3. The molecule has 0 atom stereocenters. The van der Waals surface area contributed by atoms with Crippen LogP contribution in [0, 0.1) is 0 Å². The van der Waals surface area contributed by atoms with Crippen LogP contribution in [0.4, 0.5) is 0 Å². The van der Waals surface area contributed by atoms with E-state index < -0.39 is 11.0 Å². The predicted octanol–water partition coefficient (Wildman–Crippen LogP) is 1.31. The second kappa shape index (κ2) is 17.6. The van der Waals surface area contributed by atoms with Crippen molar-refractivity contribution in [1.29, 1.82) is 0 Å². The number of H-pyrrole nitrogens is 3. The third-order valence-corrected chi connectivity index (χ3v) is 4.81. The maximum atomic E-state index is 5.92. The molecule has 0 unspecified atom stereocenters. The molecule has 0 aliphatic carbocycles. The molecule has 3 aromatic heterocycles. The van der Waals surface area contributed by atoms with E-state index in [0.717, 1.165) is 0 Å². The summed E-state index contributed by atoms with van der Waals surface area (Å²) in [7, 11) is 0. The number of rotatable bonds is 10. The van der Waals surface area contributed by atoms with E-state index >= 15 is 0 Å². The minimum Gasteiger partial charge on any atom is -1.00 e. The van der Waals surface area contributed by atoms with Crippen LogP contribution in [-0.2, 0) is 31.0 Å². The molecule has 40 heavy (non-hydrogen) atoms. The van der Waals surface area contributed by atoms with Gasteiger partial charge >= 0.3 is 23.5 Å². The van der Waals surface area contributed by atoms with Gasteiger partial charge in [-0.2, -0.15) is 15.3 Å². The summed E-state index contributed by atoms with van der Waals surface area (Å²) in [6.07, 6.45) is 5.06. The van der Waals surface area contributed by atoms with Crippen LogP contribution in [0.15, 0.2) is 82.6 Å². The van der Waals surface area contributed by atoms with E-state index in [2.05, 4.69) is 46.1 Å². The molecule has 4 aromatic rings. The van der Waals surface area contributed by atoms with Crippen LogP contribution in [0.3, 0.4) is 0 Å². The fourth-order valence-electron chi connectivity index (χ4n) is 2.90. The topological polar surface area (TPSA) is 151 Å². The van der Waals surface area contributed by atoms with Gasteiger partial charge in [-0.3, -0.25) is 15.3 Å². The molecule has 215 valence electrons. The van der Waals surface area contributed by atoms with Gasteiger partial charge in [0.25, 0.3) is 0 Å². The molecule has 0 fully saturated rings. The largest absolute Gasteiger partial charge is 2.00 e. The van der Waals surface area contributed by atoms with Crippen molar-refractivity contribution in [1.82, 2.24) is 30.6 Å². The number of halogens is 4. The molecule has 1 aromatic carbocycles. The average molecular weight is 674 g/mol. The zero-order valence-corrected chi connectivity index (χ0v) is 25.3. The number of hydrogen-bond donors (Lipinski definition) is 3. The number of benzene rings is 1. The molecule has 3 N–H and O–H groups in total. The number of aromatic amines is 3. The van der Waals surface area contributed by atoms with Gasteiger partial charge in [0.2, 0.25) is 0 Å². The van der Waals surface area contributed by atoms with E-state index in [9.17, 15) is 0 Å². The Morgan fingerprint density at radius 3 is 1.27 bits per heavy atom. The van der Waals surface area contributed by atoms with Gasteiger partial charge in [-0.1, -0.05) is 70.6 Å². The molecule has 0 bridgehead atoms. The first-order valence-corrected chi connectivity index (χ1v) is 12.4. The third-order valence-electron chi connectivity index (χ3n) is 4.81. The Bertz CT molecular complexity index is 1200. The molecule has 12 nitrogen and oxygen atoms in total. The van der Waals surface area contributed by atoms with E-state index in [4.69, 9.17) is 49.1 Å². The number of hydrogen-bond acceptors (Lipinski definition) is 9. The second-order valence-corrected chi connectivity index (χ2v) is 9.50. The van der Waals surface area contributed by atoms with Crippen molar-refractivity contribution in [3.05, 3.63) is 84.2 Å². The Kier molecular flexibility index (Phi) is 15.4. The van der Waals surface area contributed by atoms with Gasteiger partial charge in [0.05, 0.1) is 17.1 Å². The Morgan fingerprint density at radius 1 is 0.675 bits per heavy atom. The van der Waals surface area contributed by atoms with E-state index in [0.29, 0.717) is 39.7 Å². The molecule has 0 amide bonds. The zero-order chi connectivity index (χ0) is 27.4. The fourth-order valence-corrected chi connectivity index (χ4v) is 2.90. The van der Waals surface area contributed by atoms with Crippen molar-refractivity contribution in [2.24, 2.45) is 15.5 Å². The second-order valence-electron chi connectivity index (χ2n) is 7.53. The Labute approximate surface area is 261 Å². The molecular formula is C22H24BCl4CoN9O3. The van der Waals surface area contributed by atoms with Crippen molar-refractivity contribution in [2.75, 3.05) is 0 Å². The maximum absolute atomic E-state index is 5.92. The minimum atomic E-state index is -2.82. The van der Waals surface area contributed by atoms with Crippen molar-refractivity contribution in [3.8, 4) is 0 Å². The van der Waals surface area contributed by atoms with Crippen LogP contribution in [-0.4, -0.2) is 58.8 Å². The molecule has 0 aliphatic heterocycles. The number of oxime groups is 3. The van der Waals surface area contributed by atoms with Crippen LogP contribution < -0.4 is 17.9 Å². The molecule has 0 saturated heterocycles. The molecule has 0 aliphatic rings. The van der Waals surface area contributed by atoms with Gasteiger partial charge in [-0.25, -0.2) is 0 Å². The molecule has 18 heteroatoms. The third kappa shape index (κ3) is 10.5. The summed E-state index contributed by atoms with van der Waals surface area (Å²) in [6, 6.07) is 14.3. The summed E-state index contributed by atoms with van der Waals surface area (Å²) in [5.74, 6) is 0. The van der Waals surface area contributed by atoms with Gasteiger partial charge in [0, 0.05) is 18.6 Å². The summed E-state index contributed by atoms with van der Waals surface area (Å²) >= 11 is 14.4. The van der Waals surface area contributed by atoms with Crippen LogP contribution in [0.2, 0.25) is 0 Å². The van der Waals surface area contributed by atoms with Crippen LogP contribution in [0.25, 0.3) is 0 Å². The number of aromatic nitrogens is 6. The quantitative estimate of drug-likeness (QED) is 0.100. The first kappa shape index (κ1) is 35.0. The SMILES string of the molecule is C/C(=N\O[B-](O/N=C(\C)c1cc[nH]n1)(O/N=C(\C)c1cc[nH]n1)c1ccccc1)c1cc[nH]n1.ClC(Cl)Cl.[Cl-].[Co+2]. The molecule has 0 saturated carbocycles. The van der Waals surface area contributed by atoms with Crippen LogP contribution in [0.1, 0.15) is 37.9 Å². The molecule has 4 rings (SSSR count). The Balaban J connectivity index is 0.00000125. The van der Waals surface area contributed by atoms with Crippen LogP contribution >= 0.6 is 34.8 Å². The smallest absolute Gasteiger partial charge is 1.00 e. The monoisotopic (exact) mass is 672 g/mol. The maximum Gasteiger partial charge on any atom is 2.00 e. The van der Waals surface area contributed by atoms with Gasteiger partial charge in [0.1, 0.15) is 17.1 Å². The summed E-state index contributed by atoms with van der Waals surface area (Å²) in [6.45, 7) is 2.42. The number of nitrogens with zero attached hydrogens (tertiary/aromatic N) is 6. The van der Waals surface area contributed by atoms with Gasteiger partial charge < -0.3 is 26.7 Å². The molecule has 1 radical (unpaired) electrons. The number of alkyl halides is 3. The van der Waals surface area contributed by atoms with E-state index in [1.54, 1.807) is 69.7 Å². The van der Waals surface area contributed by atoms with E-state index in [1.807, 2.05) is 18.2 Å². The molecule has 0 spiro atoms. The predicted molar refractivity (Wildman–Crippen MR) is 149 cm³/mol. The first-order valence-electron chi connectivity index (χ1n) is 11.1. The standard InChI is InChI=1S/C21H23BN9O3.CHCl3.ClH.Co/c1-15(19-9-12-23-26-19)29-32-22(18-7-5-4-6-8-18,33-30-16(2)20-10-13-24-27-20)34-31-17(3)21-11-14-25-28-21;2-1(3)4;;/h4-14H,1-3H3,(H,23,26)(H,24,27)(H,25,28);1H;1H;/q-1;;;+2/p-1/b29-15+,30-16+,31-17+;;;. The summed E-state index contributed by atoms with van der Waals surface area (Å²) in [5, 5.41) is 33.3. The number of nitrogens with one attached hydrogen (secondary N) is 3. The molecule has 3 heterocycles. The van der Waals surface area contributed by atoms with Crippen molar-refractivity contribution >= 4 is 64.2 Å². The Hall–Kier alpha value is -3.01. The van der Waals surface area contributed by atoms with E-state index in [-0.39, 0.29) is 29.2 Å². The minimum absolute atomic E-state index is 0. The normalized spacial score (nSPS) is 12.0. The average Bonchev–Trinajstić information content (AvgIpc) is 3.72. The van der Waals surface area contributed by atoms with Crippen molar-refractivity contribution in [2.45, 2.75) is 25.1 Å².